The van der Waals surface area contributed by atoms with Gasteiger partial charge in [-0.25, -0.2) is 0 Å². The number of nitrogens with zero attached hydrogens (tertiary/aromatic N) is 2. The molecule has 3 fully saturated rings. The van der Waals surface area contributed by atoms with E-state index in [9.17, 15) is 28.8 Å². The molecule has 0 aromatic heterocycles. The van der Waals surface area contributed by atoms with Crippen molar-refractivity contribution in [3.8, 4) is 0 Å². The maximum atomic E-state index is 13.4. The summed E-state index contributed by atoms with van der Waals surface area (Å²) in [6.45, 7) is 1.46. The molecule has 2 aromatic rings. The van der Waals surface area contributed by atoms with Gasteiger partial charge in [0.2, 0.25) is 17.7 Å². The zero-order valence-electron chi connectivity index (χ0n) is 24.5. The first-order valence-electron chi connectivity index (χ1n) is 15.4. The Labute approximate surface area is 255 Å². The van der Waals surface area contributed by atoms with Crippen molar-refractivity contribution in [1.29, 1.82) is 0 Å². The summed E-state index contributed by atoms with van der Waals surface area (Å²) in [5, 5.41) is 5.64. The number of imide groups is 2. The number of anilines is 1. The van der Waals surface area contributed by atoms with Crippen LogP contribution in [0.1, 0.15) is 77.6 Å². The van der Waals surface area contributed by atoms with E-state index in [4.69, 9.17) is 4.74 Å². The Bertz CT molecular complexity index is 1480. The maximum Gasteiger partial charge on any atom is 0.306 e. The van der Waals surface area contributed by atoms with E-state index in [2.05, 4.69) is 10.6 Å². The van der Waals surface area contributed by atoms with Gasteiger partial charge in [0.25, 0.3) is 11.8 Å². The Balaban J connectivity index is 0.993. The van der Waals surface area contributed by atoms with Gasteiger partial charge in [-0.2, -0.15) is 0 Å². The quantitative estimate of drug-likeness (QED) is 0.348. The van der Waals surface area contributed by atoms with E-state index in [0.29, 0.717) is 38.0 Å². The molecule has 1 saturated carbocycles. The predicted octanol–water partition coefficient (Wildman–Crippen LogP) is 3.04. The fourth-order valence-corrected chi connectivity index (χ4v) is 6.83. The molecule has 1 aliphatic carbocycles. The molecule has 2 aromatic carbocycles. The minimum absolute atomic E-state index is 0.0174. The minimum Gasteiger partial charge on any atom is -0.461 e. The van der Waals surface area contributed by atoms with E-state index in [1.54, 1.807) is 18.2 Å². The normalized spacial score (nSPS) is 25.1. The van der Waals surface area contributed by atoms with Gasteiger partial charge < -0.3 is 15.0 Å². The number of likely N-dealkylation sites (tertiary alicyclic amines) is 1. The number of ether oxygens (including phenoxy) is 1. The van der Waals surface area contributed by atoms with Crippen LogP contribution >= 0.6 is 0 Å². The second kappa shape index (κ2) is 12.6. The molecule has 11 nitrogen and oxygen atoms in total. The van der Waals surface area contributed by atoms with Crippen LogP contribution in [0.5, 0.6) is 0 Å². The molecule has 3 aliphatic heterocycles. The van der Waals surface area contributed by atoms with Gasteiger partial charge in [-0.1, -0.05) is 36.4 Å². The Morgan fingerprint density at radius 2 is 1.66 bits per heavy atom. The van der Waals surface area contributed by atoms with Crippen LogP contribution < -0.4 is 10.6 Å². The third-order valence-electron chi connectivity index (χ3n) is 9.20. The molecule has 4 aliphatic rings. The Hall–Kier alpha value is -4.54. The van der Waals surface area contributed by atoms with Gasteiger partial charge in [0.05, 0.1) is 17.5 Å². The van der Waals surface area contributed by atoms with Gasteiger partial charge >= 0.3 is 5.97 Å². The minimum atomic E-state index is -1.01. The molecule has 11 heteroatoms. The highest BCUT2D eigenvalue weighted by Gasteiger charge is 2.46. The first-order chi connectivity index (χ1) is 21.3. The molecule has 44 heavy (non-hydrogen) atoms. The molecule has 2 N–H and O–H groups in total. The lowest BCUT2D eigenvalue weighted by atomic mass is 9.85. The van der Waals surface area contributed by atoms with Crippen molar-refractivity contribution < 1.29 is 33.5 Å². The molecule has 2 atom stereocenters. The molecule has 0 spiro atoms. The number of benzene rings is 2. The second-order valence-corrected chi connectivity index (χ2v) is 12.2. The fraction of sp³-hybridized carbons (Fsp3) is 0.455. The molecule has 230 valence electrons. The van der Waals surface area contributed by atoms with Crippen LogP contribution in [0.15, 0.2) is 48.5 Å². The van der Waals surface area contributed by atoms with E-state index in [1.807, 2.05) is 35.2 Å². The van der Waals surface area contributed by atoms with Gasteiger partial charge in [-0.3, -0.25) is 39.0 Å². The third-order valence-corrected chi connectivity index (χ3v) is 9.20. The number of amides is 5. The first kappa shape index (κ1) is 29.5. The van der Waals surface area contributed by atoms with Crippen LogP contribution in [0.3, 0.4) is 0 Å². The molecule has 6 rings (SSSR count). The molecule has 2 saturated heterocycles. The number of esters is 1. The second-order valence-electron chi connectivity index (χ2n) is 12.2. The van der Waals surface area contributed by atoms with E-state index < -0.39 is 29.7 Å². The zero-order chi connectivity index (χ0) is 30.8. The van der Waals surface area contributed by atoms with E-state index in [-0.39, 0.29) is 60.3 Å². The van der Waals surface area contributed by atoms with Gasteiger partial charge in [0.1, 0.15) is 12.6 Å². The summed E-state index contributed by atoms with van der Waals surface area (Å²) < 4.78 is 5.43. The number of hydrogen-bond acceptors (Lipinski definition) is 8. The SMILES string of the molecule is O=C1CCC(N2C(=O)c3cccc(N[C@H]4CC[C@H](C(=O)N5CC[C@H](CC(=O)OCc6ccccc6)C5)CC4)c3C2=O)C(=O)N1. The zero-order valence-corrected chi connectivity index (χ0v) is 24.5. The number of carbonyl (C=O) groups is 6. The maximum absolute atomic E-state index is 13.4. The van der Waals surface area contributed by atoms with Crippen LogP contribution in [0, 0.1) is 11.8 Å². The summed E-state index contributed by atoms with van der Waals surface area (Å²) in [6.07, 6.45) is 4.09. The summed E-state index contributed by atoms with van der Waals surface area (Å²) in [4.78, 5) is 79.1. The Morgan fingerprint density at radius 1 is 0.886 bits per heavy atom. The van der Waals surface area contributed by atoms with Gasteiger partial charge in [-0.05, 0) is 62.1 Å². The van der Waals surface area contributed by atoms with E-state index >= 15 is 0 Å². The van der Waals surface area contributed by atoms with Crippen LogP contribution in [-0.2, 0) is 30.5 Å². The number of piperidine rings is 1. The monoisotopic (exact) mass is 600 g/mol. The van der Waals surface area contributed by atoms with Crippen molar-refractivity contribution in [2.75, 3.05) is 18.4 Å². The highest BCUT2D eigenvalue weighted by Crippen LogP contribution is 2.35. The van der Waals surface area contributed by atoms with Crippen LogP contribution in [0.4, 0.5) is 5.69 Å². The van der Waals surface area contributed by atoms with Crippen molar-refractivity contribution in [3.63, 3.8) is 0 Å². The molecule has 5 amide bonds. The van der Waals surface area contributed by atoms with Crippen LogP contribution in [0.25, 0.3) is 0 Å². The largest absolute Gasteiger partial charge is 0.461 e. The summed E-state index contributed by atoms with van der Waals surface area (Å²) in [5.41, 5.74) is 1.96. The average Bonchev–Trinajstić information content (AvgIpc) is 3.59. The lowest BCUT2D eigenvalue weighted by Crippen LogP contribution is -2.54. The number of rotatable bonds is 8. The summed E-state index contributed by atoms with van der Waals surface area (Å²) >= 11 is 0. The first-order valence-corrected chi connectivity index (χ1v) is 15.4. The van der Waals surface area contributed by atoms with Crippen LogP contribution in [-0.4, -0.2) is 70.5 Å². The van der Waals surface area contributed by atoms with Gasteiger partial charge in [0, 0.05) is 37.2 Å². The fourth-order valence-electron chi connectivity index (χ4n) is 6.83. The van der Waals surface area contributed by atoms with Crippen molar-refractivity contribution >= 4 is 41.2 Å². The Morgan fingerprint density at radius 3 is 2.41 bits per heavy atom. The summed E-state index contributed by atoms with van der Waals surface area (Å²) in [5.74, 6) is -2.24. The standard InChI is InChI=1S/C33H36N4O7/c38-27-14-13-26(30(40)35-27)37-32(42)24-7-4-8-25(29(24)33(37)43)34-23-11-9-22(10-12-23)31(41)36-16-15-21(18-36)17-28(39)44-19-20-5-2-1-3-6-20/h1-8,21-23,26,34H,9-19H2,(H,35,38,40)/t21-,22-,23-,26?/m1/s1. The predicted molar refractivity (Wildman–Crippen MR) is 158 cm³/mol. The van der Waals surface area contributed by atoms with Crippen molar-refractivity contribution in [3.05, 3.63) is 65.2 Å². The van der Waals surface area contributed by atoms with Crippen molar-refractivity contribution in [1.82, 2.24) is 15.1 Å². The number of hydrogen-bond donors (Lipinski definition) is 2. The number of carbonyl (C=O) groups excluding carboxylic acids is 6. The Kier molecular flexibility index (Phi) is 8.45. The third kappa shape index (κ3) is 6.09. The number of nitrogens with one attached hydrogen (secondary N) is 2. The van der Waals surface area contributed by atoms with Crippen molar-refractivity contribution in [2.45, 2.75) is 70.1 Å². The van der Waals surface area contributed by atoms with E-state index in [0.717, 1.165) is 29.7 Å². The summed E-state index contributed by atoms with van der Waals surface area (Å²) in [6, 6.07) is 13.6. The molecular weight excluding hydrogens is 564 g/mol. The smallest absolute Gasteiger partial charge is 0.306 e. The van der Waals surface area contributed by atoms with Gasteiger partial charge in [0.15, 0.2) is 0 Å². The highest BCUT2D eigenvalue weighted by molar-refractivity contribution is 6.25. The van der Waals surface area contributed by atoms with Crippen LogP contribution in [0.2, 0.25) is 0 Å². The molecule has 0 radical (unpaired) electrons. The van der Waals surface area contributed by atoms with E-state index in [1.165, 1.54) is 0 Å². The average molecular weight is 601 g/mol. The lowest BCUT2D eigenvalue weighted by Gasteiger charge is -2.32. The molecule has 1 unspecified atom stereocenters. The van der Waals surface area contributed by atoms with Crippen molar-refractivity contribution in [2.24, 2.45) is 11.8 Å². The lowest BCUT2D eigenvalue weighted by molar-refractivity contribution is -0.146. The van der Waals surface area contributed by atoms with Gasteiger partial charge in [-0.15, -0.1) is 0 Å². The highest BCUT2D eigenvalue weighted by atomic mass is 16.5. The number of fused-ring (bicyclic) bond motifs is 1. The molecular formula is C33H36N4O7. The summed E-state index contributed by atoms with van der Waals surface area (Å²) in [7, 11) is 0. The molecule has 3 heterocycles. The topological polar surface area (TPSA) is 142 Å². The molecule has 0 bridgehead atoms.